The number of carbonyl (C=O) groups is 1. The monoisotopic (exact) mass is 257 g/mol. The number of hydrogen-bond donors (Lipinski definition) is 2. The third-order valence-corrected chi connectivity index (χ3v) is 2.93. The summed E-state index contributed by atoms with van der Waals surface area (Å²) in [5.41, 5.74) is 6.59. The highest BCUT2D eigenvalue weighted by molar-refractivity contribution is 6.32. The van der Waals surface area contributed by atoms with Gasteiger partial charge in [-0.1, -0.05) is 17.7 Å². The summed E-state index contributed by atoms with van der Waals surface area (Å²) in [5.74, 6) is -0.206. The molecule has 1 atom stereocenters. The number of methoxy groups -OCH3 is 1. The molecule has 5 heteroatoms. The summed E-state index contributed by atoms with van der Waals surface area (Å²) in [5, 5.41) is 9.17. The number of hydrogen-bond acceptors (Lipinski definition) is 3. The van der Waals surface area contributed by atoms with Gasteiger partial charge in [-0.25, -0.2) is 0 Å². The van der Waals surface area contributed by atoms with E-state index in [-0.39, 0.29) is 12.3 Å². The average molecular weight is 258 g/mol. The number of carboxylic acids is 1. The minimum Gasteiger partial charge on any atom is -0.495 e. The molecule has 0 aliphatic carbocycles. The number of halogens is 1. The van der Waals surface area contributed by atoms with Crippen LogP contribution in [0.3, 0.4) is 0 Å². The third kappa shape index (κ3) is 3.91. The van der Waals surface area contributed by atoms with Gasteiger partial charge in [-0.3, -0.25) is 4.79 Å². The SMILES string of the molecule is COc1ccc(C(CN)CCC(=O)O)cc1Cl. The minimum atomic E-state index is -0.817. The maximum absolute atomic E-state index is 10.5. The van der Waals surface area contributed by atoms with Crippen LogP contribution < -0.4 is 10.5 Å². The van der Waals surface area contributed by atoms with Crippen molar-refractivity contribution in [2.45, 2.75) is 18.8 Å². The molecule has 0 spiro atoms. The van der Waals surface area contributed by atoms with Gasteiger partial charge in [0.1, 0.15) is 5.75 Å². The molecule has 0 saturated carbocycles. The molecular weight excluding hydrogens is 242 g/mol. The predicted octanol–water partition coefficient (Wildman–Crippen LogP) is 2.26. The molecule has 3 N–H and O–H groups in total. The first-order chi connectivity index (χ1) is 8.08. The fourth-order valence-electron chi connectivity index (χ4n) is 1.65. The summed E-state index contributed by atoms with van der Waals surface area (Å²) in [7, 11) is 1.55. The highest BCUT2D eigenvalue weighted by Gasteiger charge is 2.13. The molecule has 1 aromatic carbocycles. The maximum Gasteiger partial charge on any atom is 0.303 e. The van der Waals surface area contributed by atoms with Gasteiger partial charge in [0.25, 0.3) is 0 Å². The Labute approximate surface area is 105 Å². The molecule has 0 aliphatic rings. The summed E-state index contributed by atoms with van der Waals surface area (Å²) in [6, 6.07) is 5.41. The van der Waals surface area contributed by atoms with Gasteiger partial charge in [0.2, 0.25) is 0 Å². The predicted molar refractivity (Wildman–Crippen MR) is 66.7 cm³/mol. The lowest BCUT2D eigenvalue weighted by molar-refractivity contribution is -0.137. The largest absolute Gasteiger partial charge is 0.495 e. The topological polar surface area (TPSA) is 72.5 Å². The highest BCUT2D eigenvalue weighted by atomic mass is 35.5. The molecule has 0 saturated heterocycles. The van der Waals surface area contributed by atoms with E-state index < -0.39 is 5.97 Å². The van der Waals surface area contributed by atoms with Gasteiger partial charge in [0, 0.05) is 6.42 Å². The van der Waals surface area contributed by atoms with Crippen molar-refractivity contribution in [3.05, 3.63) is 28.8 Å². The van der Waals surface area contributed by atoms with Crippen LogP contribution in [0.5, 0.6) is 5.75 Å². The second kappa shape index (κ2) is 6.47. The van der Waals surface area contributed by atoms with Crippen molar-refractivity contribution < 1.29 is 14.6 Å². The molecule has 1 unspecified atom stereocenters. The van der Waals surface area contributed by atoms with Gasteiger partial charge < -0.3 is 15.6 Å². The first-order valence-corrected chi connectivity index (χ1v) is 5.71. The summed E-state index contributed by atoms with van der Waals surface area (Å²) in [4.78, 5) is 10.5. The molecule has 0 heterocycles. The molecule has 0 aromatic heterocycles. The molecule has 0 amide bonds. The number of ether oxygens (including phenoxy) is 1. The van der Waals surface area contributed by atoms with Crippen molar-refractivity contribution >= 4 is 17.6 Å². The Bertz CT molecular complexity index is 395. The number of rotatable bonds is 6. The van der Waals surface area contributed by atoms with Crippen molar-refractivity contribution in [2.24, 2.45) is 5.73 Å². The van der Waals surface area contributed by atoms with Crippen LogP contribution >= 0.6 is 11.6 Å². The molecule has 0 radical (unpaired) electrons. The third-order valence-electron chi connectivity index (χ3n) is 2.64. The zero-order valence-electron chi connectivity index (χ0n) is 9.65. The number of aliphatic carboxylic acids is 1. The number of benzene rings is 1. The first-order valence-electron chi connectivity index (χ1n) is 5.33. The van der Waals surface area contributed by atoms with Crippen LogP contribution in [0.4, 0.5) is 0 Å². The average Bonchev–Trinajstić information content (AvgIpc) is 2.29. The lowest BCUT2D eigenvalue weighted by Gasteiger charge is -2.15. The molecule has 0 aliphatic heterocycles. The van der Waals surface area contributed by atoms with Gasteiger partial charge in [-0.15, -0.1) is 0 Å². The molecular formula is C12H16ClNO3. The molecule has 0 fully saturated rings. The smallest absolute Gasteiger partial charge is 0.303 e. The Balaban J connectivity index is 2.81. The van der Waals surface area contributed by atoms with Crippen molar-refractivity contribution in [3.8, 4) is 5.75 Å². The Hall–Kier alpha value is -1.26. The molecule has 94 valence electrons. The van der Waals surface area contributed by atoms with Crippen molar-refractivity contribution in [1.82, 2.24) is 0 Å². The van der Waals surface area contributed by atoms with Gasteiger partial charge in [0.15, 0.2) is 0 Å². The number of nitrogens with two attached hydrogens (primary N) is 1. The van der Waals surface area contributed by atoms with Crippen molar-refractivity contribution in [3.63, 3.8) is 0 Å². The summed E-state index contributed by atoms with van der Waals surface area (Å²) < 4.78 is 5.05. The van der Waals surface area contributed by atoms with Gasteiger partial charge in [-0.05, 0) is 36.6 Å². The Morgan fingerprint density at radius 3 is 2.76 bits per heavy atom. The standard InChI is InChI=1S/C12H16ClNO3/c1-17-11-4-2-8(6-10(11)13)9(7-14)3-5-12(15)16/h2,4,6,9H,3,5,7,14H2,1H3,(H,15,16). The second-order valence-corrected chi connectivity index (χ2v) is 4.17. The molecule has 17 heavy (non-hydrogen) atoms. The Kier molecular flexibility index (Phi) is 5.25. The summed E-state index contributed by atoms with van der Waals surface area (Å²) in [6.07, 6.45) is 0.611. The van der Waals surface area contributed by atoms with Crippen LogP contribution in [0.1, 0.15) is 24.3 Å². The molecule has 0 bridgehead atoms. The zero-order valence-corrected chi connectivity index (χ0v) is 10.4. The van der Waals surface area contributed by atoms with Crippen molar-refractivity contribution in [1.29, 1.82) is 0 Å². The zero-order chi connectivity index (χ0) is 12.8. The van der Waals surface area contributed by atoms with Crippen LogP contribution in [-0.4, -0.2) is 24.7 Å². The fraction of sp³-hybridized carbons (Fsp3) is 0.417. The molecule has 1 rings (SSSR count). The normalized spacial score (nSPS) is 12.2. The van der Waals surface area contributed by atoms with E-state index in [1.165, 1.54) is 0 Å². The lowest BCUT2D eigenvalue weighted by atomic mass is 9.94. The highest BCUT2D eigenvalue weighted by Crippen LogP contribution is 2.29. The second-order valence-electron chi connectivity index (χ2n) is 3.76. The maximum atomic E-state index is 10.5. The number of carboxylic acid groups (broad SMARTS) is 1. The fourth-order valence-corrected chi connectivity index (χ4v) is 1.92. The first kappa shape index (κ1) is 13.8. The lowest BCUT2D eigenvalue weighted by Crippen LogP contribution is -2.14. The van der Waals surface area contributed by atoms with Gasteiger partial charge >= 0.3 is 5.97 Å². The Morgan fingerprint density at radius 2 is 2.29 bits per heavy atom. The van der Waals surface area contributed by atoms with Crippen LogP contribution in [0.25, 0.3) is 0 Å². The summed E-state index contributed by atoms with van der Waals surface area (Å²) in [6.45, 7) is 0.399. The van der Waals surface area contributed by atoms with E-state index in [0.29, 0.717) is 23.7 Å². The summed E-state index contributed by atoms with van der Waals surface area (Å²) >= 11 is 6.01. The van der Waals surface area contributed by atoms with E-state index in [0.717, 1.165) is 5.56 Å². The van der Waals surface area contributed by atoms with E-state index in [9.17, 15) is 4.79 Å². The quantitative estimate of drug-likeness (QED) is 0.820. The molecule has 1 aromatic rings. The van der Waals surface area contributed by atoms with E-state index in [4.69, 9.17) is 27.2 Å². The van der Waals surface area contributed by atoms with Crippen LogP contribution in [0.2, 0.25) is 5.02 Å². The van der Waals surface area contributed by atoms with Crippen LogP contribution in [0, 0.1) is 0 Å². The minimum absolute atomic E-state index is 0.00880. The van der Waals surface area contributed by atoms with E-state index in [1.54, 1.807) is 19.2 Å². The van der Waals surface area contributed by atoms with Crippen molar-refractivity contribution in [2.75, 3.05) is 13.7 Å². The van der Waals surface area contributed by atoms with Gasteiger partial charge in [0.05, 0.1) is 12.1 Å². The van der Waals surface area contributed by atoms with Crippen LogP contribution in [0.15, 0.2) is 18.2 Å². The molecule has 4 nitrogen and oxygen atoms in total. The van der Waals surface area contributed by atoms with Crippen LogP contribution in [-0.2, 0) is 4.79 Å². The van der Waals surface area contributed by atoms with E-state index >= 15 is 0 Å². The van der Waals surface area contributed by atoms with E-state index in [2.05, 4.69) is 0 Å². The van der Waals surface area contributed by atoms with E-state index in [1.807, 2.05) is 6.07 Å². The Morgan fingerprint density at radius 1 is 1.59 bits per heavy atom. The van der Waals surface area contributed by atoms with Gasteiger partial charge in [-0.2, -0.15) is 0 Å².